The Kier molecular flexibility index (Phi) is 5.09. The lowest BCUT2D eigenvalue weighted by molar-refractivity contribution is 0.463. The van der Waals surface area contributed by atoms with Crippen LogP contribution in [0.2, 0.25) is 0 Å². The third kappa shape index (κ3) is 3.49. The summed E-state index contributed by atoms with van der Waals surface area (Å²) in [5, 5.41) is 4.55. The van der Waals surface area contributed by atoms with E-state index in [4.69, 9.17) is 5.84 Å². The molecule has 2 unspecified atom stereocenters. The van der Waals surface area contributed by atoms with E-state index in [0.29, 0.717) is 23.6 Å². The van der Waals surface area contributed by atoms with E-state index in [2.05, 4.69) is 24.4 Å². The molecule has 21 heavy (non-hydrogen) atoms. The summed E-state index contributed by atoms with van der Waals surface area (Å²) in [6.45, 7) is 6.00. The Bertz CT molecular complexity index is 594. The number of hydrazine groups is 1. The molecule has 2 aromatic rings. The number of aromatic nitrogens is 2. The number of nitrogens with zero attached hydrogens (tertiary/aromatic N) is 2. The summed E-state index contributed by atoms with van der Waals surface area (Å²) in [5.41, 5.74) is 4.80. The van der Waals surface area contributed by atoms with Crippen molar-refractivity contribution in [3.8, 4) is 0 Å². The standard InChI is InChI=1S/C16H23FN4/c1-4-12(3)21-9-8-13(20-21)10-15(19-18)14-7-5-6-11(2)16(14)17/h5-9,12,15,19H,4,10,18H2,1-3H3. The molecule has 1 aromatic carbocycles. The van der Waals surface area contributed by atoms with E-state index < -0.39 is 0 Å². The number of nitrogens with two attached hydrogens (primary N) is 1. The van der Waals surface area contributed by atoms with Crippen molar-refractivity contribution in [2.45, 2.75) is 45.7 Å². The van der Waals surface area contributed by atoms with Crippen molar-refractivity contribution in [2.24, 2.45) is 5.84 Å². The maximum Gasteiger partial charge on any atom is 0.130 e. The second kappa shape index (κ2) is 6.83. The Morgan fingerprint density at radius 2 is 2.14 bits per heavy atom. The van der Waals surface area contributed by atoms with Gasteiger partial charge in [0.1, 0.15) is 5.82 Å². The molecule has 0 saturated carbocycles. The first-order valence-corrected chi connectivity index (χ1v) is 7.32. The van der Waals surface area contributed by atoms with Crippen molar-refractivity contribution in [1.82, 2.24) is 15.2 Å². The Morgan fingerprint density at radius 3 is 2.81 bits per heavy atom. The summed E-state index contributed by atoms with van der Waals surface area (Å²) in [6, 6.07) is 7.40. The van der Waals surface area contributed by atoms with Crippen LogP contribution in [0.25, 0.3) is 0 Å². The van der Waals surface area contributed by atoms with E-state index in [0.717, 1.165) is 12.1 Å². The third-order valence-electron chi connectivity index (χ3n) is 3.92. The molecule has 3 N–H and O–H groups in total. The van der Waals surface area contributed by atoms with Crippen LogP contribution in [0, 0.1) is 12.7 Å². The highest BCUT2D eigenvalue weighted by atomic mass is 19.1. The van der Waals surface area contributed by atoms with Crippen LogP contribution >= 0.6 is 0 Å². The van der Waals surface area contributed by atoms with E-state index in [-0.39, 0.29) is 11.9 Å². The molecule has 0 saturated heterocycles. The Balaban J connectivity index is 2.19. The zero-order valence-corrected chi connectivity index (χ0v) is 12.8. The molecule has 0 aliphatic rings. The van der Waals surface area contributed by atoms with E-state index in [1.807, 2.05) is 23.0 Å². The van der Waals surface area contributed by atoms with Gasteiger partial charge in [-0.15, -0.1) is 0 Å². The number of benzene rings is 1. The summed E-state index contributed by atoms with van der Waals surface area (Å²) in [6.07, 6.45) is 3.54. The van der Waals surface area contributed by atoms with Gasteiger partial charge in [-0.3, -0.25) is 16.0 Å². The smallest absolute Gasteiger partial charge is 0.130 e. The van der Waals surface area contributed by atoms with Gasteiger partial charge in [-0.2, -0.15) is 5.10 Å². The lowest BCUT2D eigenvalue weighted by Gasteiger charge is -2.17. The predicted molar refractivity (Wildman–Crippen MR) is 82.1 cm³/mol. The van der Waals surface area contributed by atoms with Gasteiger partial charge in [0, 0.05) is 24.2 Å². The molecule has 0 spiro atoms. The minimum atomic E-state index is -0.287. The number of aryl methyl sites for hydroxylation is 1. The van der Waals surface area contributed by atoms with Gasteiger partial charge in [0.05, 0.1) is 11.7 Å². The molecule has 0 radical (unpaired) electrons. The van der Waals surface area contributed by atoms with Crippen LogP contribution in [0.3, 0.4) is 0 Å². The summed E-state index contributed by atoms with van der Waals surface area (Å²) in [5.74, 6) is 5.41. The lowest BCUT2D eigenvalue weighted by Crippen LogP contribution is -2.30. The summed E-state index contributed by atoms with van der Waals surface area (Å²) >= 11 is 0. The van der Waals surface area contributed by atoms with Crippen molar-refractivity contribution in [2.75, 3.05) is 0 Å². The molecule has 0 aliphatic carbocycles. The number of hydrogen-bond acceptors (Lipinski definition) is 3. The largest absolute Gasteiger partial charge is 0.271 e. The highest BCUT2D eigenvalue weighted by molar-refractivity contribution is 5.28. The van der Waals surface area contributed by atoms with E-state index in [1.54, 1.807) is 19.1 Å². The van der Waals surface area contributed by atoms with Crippen molar-refractivity contribution in [1.29, 1.82) is 0 Å². The van der Waals surface area contributed by atoms with Gasteiger partial charge in [0.25, 0.3) is 0 Å². The van der Waals surface area contributed by atoms with Gasteiger partial charge in [-0.1, -0.05) is 25.1 Å². The van der Waals surface area contributed by atoms with E-state index >= 15 is 0 Å². The number of rotatable bonds is 6. The zero-order valence-electron chi connectivity index (χ0n) is 12.8. The van der Waals surface area contributed by atoms with Gasteiger partial charge >= 0.3 is 0 Å². The van der Waals surface area contributed by atoms with E-state index in [1.165, 1.54) is 0 Å². The van der Waals surface area contributed by atoms with Gasteiger partial charge in [-0.05, 0) is 31.9 Å². The highest BCUT2D eigenvalue weighted by Gasteiger charge is 2.17. The molecule has 0 fully saturated rings. The molecular formula is C16H23FN4. The number of halogens is 1. The zero-order chi connectivity index (χ0) is 15.4. The fraction of sp³-hybridized carbons (Fsp3) is 0.438. The molecule has 2 rings (SSSR count). The lowest BCUT2D eigenvalue weighted by atomic mass is 10.00. The van der Waals surface area contributed by atoms with Crippen LogP contribution in [0.15, 0.2) is 30.5 Å². The molecular weight excluding hydrogens is 267 g/mol. The summed E-state index contributed by atoms with van der Waals surface area (Å²) in [7, 11) is 0. The third-order valence-corrected chi connectivity index (χ3v) is 3.92. The second-order valence-corrected chi connectivity index (χ2v) is 5.45. The molecule has 2 atom stereocenters. The first kappa shape index (κ1) is 15.7. The summed E-state index contributed by atoms with van der Waals surface area (Å²) in [4.78, 5) is 0. The van der Waals surface area contributed by atoms with Crippen LogP contribution in [0.1, 0.15) is 49.2 Å². The van der Waals surface area contributed by atoms with Gasteiger partial charge in [-0.25, -0.2) is 4.39 Å². The van der Waals surface area contributed by atoms with Crippen LogP contribution in [-0.4, -0.2) is 9.78 Å². The van der Waals surface area contributed by atoms with Gasteiger partial charge in [0.15, 0.2) is 0 Å². The fourth-order valence-corrected chi connectivity index (χ4v) is 2.33. The Morgan fingerprint density at radius 1 is 1.38 bits per heavy atom. The maximum absolute atomic E-state index is 14.2. The minimum Gasteiger partial charge on any atom is -0.271 e. The first-order valence-electron chi connectivity index (χ1n) is 7.32. The highest BCUT2D eigenvalue weighted by Crippen LogP contribution is 2.22. The van der Waals surface area contributed by atoms with Crippen LogP contribution in [0.5, 0.6) is 0 Å². The molecule has 1 aromatic heterocycles. The average molecular weight is 290 g/mol. The summed E-state index contributed by atoms with van der Waals surface area (Å²) < 4.78 is 16.1. The second-order valence-electron chi connectivity index (χ2n) is 5.45. The van der Waals surface area contributed by atoms with Crippen molar-refractivity contribution >= 4 is 0 Å². The first-order chi connectivity index (χ1) is 10.1. The molecule has 4 nitrogen and oxygen atoms in total. The SMILES string of the molecule is CCC(C)n1ccc(CC(NN)c2cccc(C)c2F)n1. The molecule has 5 heteroatoms. The Labute approximate surface area is 125 Å². The topological polar surface area (TPSA) is 55.9 Å². The monoisotopic (exact) mass is 290 g/mol. The van der Waals surface area contributed by atoms with E-state index in [9.17, 15) is 4.39 Å². The van der Waals surface area contributed by atoms with Crippen molar-refractivity contribution in [3.63, 3.8) is 0 Å². The minimum absolute atomic E-state index is 0.207. The number of hydrogen-bond donors (Lipinski definition) is 2. The van der Waals surface area contributed by atoms with Crippen LogP contribution < -0.4 is 11.3 Å². The molecule has 0 bridgehead atoms. The maximum atomic E-state index is 14.2. The van der Waals surface area contributed by atoms with Crippen LogP contribution in [-0.2, 0) is 6.42 Å². The molecule has 0 aliphatic heterocycles. The fourth-order valence-electron chi connectivity index (χ4n) is 2.33. The van der Waals surface area contributed by atoms with Gasteiger partial charge < -0.3 is 0 Å². The Hall–Kier alpha value is -1.72. The van der Waals surface area contributed by atoms with Crippen molar-refractivity contribution in [3.05, 3.63) is 53.1 Å². The predicted octanol–water partition coefficient (Wildman–Crippen LogP) is 3.05. The molecule has 114 valence electrons. The van der Waals surface area contributed by atoms with Crippen LogP contribution in [0.4, 0.5) is 4.39 Å². The van der Waals surface area contributed by atoms with Crippen molar-refractivity contribution < 1.29 is 4.39 Å². The molecule has 1 heterocycles. The average Bonchev–Trinajstić information content (AvgIpc) is 2.95. The normalized spacial score (nSPS) is 14.1. The quantitative estimate of drug-likeness (QED) is 0.635. The molecule has 0 amide bonds. The number of nitrogens with one attached hydrogen (secondary N) is 1. The van der Waals surface area contributed by atoms with Gasteiger partial charge in [0.2, 0.25) is 0 Å².